The summed E-state index contributed by atoms with van der Waals surface area (Å²) in [5.74, 6) is 0.371. The van der Waals surface area contributed by atoms with E-state index >= 15 is 0 Å². The van der Waals surface area contributed by atoms with Gasteiger partial charge in [-0.3, -0.25) is 14.5 Å². The Morgan fingerprint density at radius 3 is 2.64 bits per heavy atom. The van der Waals surface area contributed by atoms with Crippen molar-refractivity contribution >= 4 is 11.7 Å². The highest BCUT2D eigenvalue weighted by atomic mass is 16.5. The standard InChI is InChI=1S/C14H21NO2.C9H17NO/c16-14-7-4-6-13(14)5-2-1-3-8-15-9-11-17-12-10-15;1-3-5-6-7-8-9(11)10-4-2/h4-5,7H,1-3,6,8-12H2;3,5H,4,6-8H2,1-2H3,(H,10,11)/b13-5+;5-3-. The minimum absolute atomic E-state index is 0.164. The first-order valence-electron chi connectivity index (χ1n) is 10.7. The first-order chi connectivity index (χ1) is 13.7. The predicted molar refractivity (Wildman–Crippen MR) is 115 cm³/mol. The van der Waals surface area contributed by atoms with Crippen molar-refractivity contribution in [2.75, 3.05) is 39.4 Å². The summed E-state index contributed by atoms with van der Waals surface area (Å²) in [5.41, 5.74) is 0.983. The van der Waals surface area contributed by atoms with Crippen molar-refractivity contribution in [2.24, 2.45) is 0 Å². The second kappa shape index (κ2) is 16.3. The molecular weight excluding hydrogens is 352 g/mol. The zero-order chi connectivity index (χ0) is 20.5. The molecule has 0 aromatic heterocycles. The topological polar surface area (TPSA) is 58.6 Å². The molecule has 0 unspecified atom stereocenters. The fraction of sp³-hybridized carbons (Fsp3) is 0.652. The van der Waals surface area contributed by atoms with Crippen molar-refractivity contribution in [1.29, 1.82) is 0 Å². The molecule has 0 atom stereocenters. The molecular formula is C23H38N2O3. The van der Waals surface area contributed by atoms with Crippen molar-refractivity contribution in [1.82, 2.24) is 10.2 Å². The molecule has 0 spiro atoms. The van der Waals surface area contributed by atoms with Crippen LogP contribution >= 0.6 is 0 Å². The third kappa shape index (κ3) is 11.9. The lowest BCUT2D eigenvalue weighted by molar-refractivity contribution is -0.121. The van der Waals surface area contributed by atoms with Gasteiger partial charge in [-0.25, -0.2) is 0 Å². The third-order valence-electron chi connectivity index (χ3n) is 4.73. The van der Waals surface area contributed by atoms with Gasteiger partial charge in [-0.1, -0.05) is 24.3 Å². The quantitative estimate of drug-likeness (QED) is 0.350. The summed E-state index contributed by atoms with van der Waals surface area (Å²) in [6.07, 6.45) is 16.7. The van der Waals surface area contributed by atoms with Gasteiger partial charge in [-0.2, -0.15) is 0 Å². The van der Waals surface area contributed by atoms with E-state index in [0.717, 1.165) is 64.1 Å². The number of unbranched alkanes of at least 4 members (excludes halogenated alkanes) is 3. The van der Waals surface area contributed by atoms with E-state index in [1.807, 2.05) is 26.0 Å². The molecule has 2 aliphatic rings. The molecule has 0 bridgehead atoms. The highest BCUT2D eigenvalue weighted by molar-refractivity contribution is 6.06. The molecule has 5 nitrogen and oxygen atoms in total. The second-order valence-corrected chi connectivity index (χ2v) is 7.06. The number of morpholine rings is 1. The minimum Gasteiger partial charge on any atom is -0.379 e. The fourth-order valence-corrected chi connectivity index (χ4v) is 3.10. The lowest BCUT2D eigenvalue weighted by atomic mass is 10.1. The first-order valence-corrected chi connectivity index (χ1v) is 10.7. The number of amides is 1. The van der Waals surface area contributed by atoms with Crippen LogP contribution < -0.4 is 5.32 Å². The molecule has 0 aromatic rings. The van der Waals surface area contributed by atoms with E-state index in [1.54, 1.807) is 6.08 Å². The second-order valence-electron chi connectivity index (χ2n) is 7.06. The lowest BCUT2D eigenvalue weighted by Gasteiger charge is -2.26. The van der Waals surface area contributed by atoms with E-state index in [9.17, 15) is 9.59 Å². The van der Waals surface area contributed by atoms with E-state index < -0.39 is 0 Å². The summed E-state index contributed by atoms with van der Waals surface area (Å²) in [6.45, 7) is 9.73. The van der Waals surface area contributed by atoms with Crippen LogP contribution in [0.25, 0.3) is 0 Å². The monoisotopic (exact) mass is 390 g/mol. The highest BCUT2D eigenvalue weighted by Crippen LogP contribution is 2.14. The van der Waals surface area contributed by atoms with E-state index in [-0.39, 0.29) is 11.7 Å². The SMILES string of the molecule is C/C=C\CCCC(=O)NCC.O=C1C=CC/C1=C\CCCCN1CCOCC1. The van der Waals surface area contributed by atoms with E-state index in [1.165, 1.54) is 19.4 Å². The number of allylic oxidation sites excluding steroid dienone is 6. The Kier molecular flexibility index (Phi) is 14.1. The van der Waals surface area contributed by atoms with Crippen LogP contribution in [0.4, 0.5) is 0 Å². The Bertz CT molecular complexity index is 532. The average Bonchev–Trinajstić information content (AvgIpc) is 3.11. The van der Waals surface area contributed by atoms with Gasteiger partial charge in [0, 0.05) is 26.1 Å². The molecule has 158 valence electrons. The zero-order valence-corrected chi connectivity index (χ0v) is 17.8. The van der Waals surface area contributed by atoms with Crippen molar-refractivity contribution in [3.05, 3.63) is 36.0 Å². The molecule has 28 heavy (non-hydrogen) atoms. The smallest absolute Gasteiger partial charge is 0.219 e. The molecule has 1 saturated heterocycles. The number of nitrogens with zero attached hydrogens (tertiary/aromatic N) is 1. The van der Waals surface area contributed by atoms with E-state index in [4.69, 9.17) is 4.74 Å². The third-order valence-corrected chi connectivity index (χ3v) is 4.73. The maximum absolute atomic E-state index is 11.3. The molecule has 5 heteroatoms. The molecule has 1 N–H and O–H groups in total. The molecule has 0 saturated carbocycles. The van der Waals surface area contributed by atoms with Gasteiger partial charge in [-0.15, -0.1) is 0 Å². The van der Waals surface area contributed by atoms with Gasteiger partial charge in [0.15, 0.2) is 5.78 Å². The fourth-order valence-electron chi connectivity index (χ4n) is 3.10. The lowest BCUT2D eigenvalue weighted by Crippen LogP contribution is -2.36. The molecule has 1 heterocycles. The van der Waals surface area contributed by atoms with Gasteiger partial charge in [0.25, 0.3) is 0 Å². The summed E-state index contributed by atoms with van der Waals surface area (Å²) in [4.78, 5) is 24.6. The molecule has 2 rings (SSSR count). The number of hydrogen-bond donors (Lipinski definition) is 1. The van der Waals surface area contributed by atoms with Crippen molar-refractivity contribution < 1.29 is 14.3 Å². The van der Waals surface area contributed by atoms with Crippen LogP contribution in [0.1, 0.15) is 58.8 Å². The highest BCUT2D eigenvalue weighted by Gasteiger charge is 2.10. The predicted octanol–water partition coefficient (Wildman–Crippen LogP) is 3.81. The van der Waals surface area contributed by atoms with Crippen LogP contribution in [0.15, 0.2) is 36.0 Å². The van der Waals surface area contributed by atoms with Gasteiger partial charge < -0.3 is 10.1 Å². The summed E-state index contributed by atoms with van der Waals surface area (Å²) < 4.78 is 5.31. The molecule has 0 aromatic carbocycles. The Morgan fingerprint density at radius 2 is 2.00 bits per heavy atom. The van der Waals surface area contributed by atoms with Crippen molar-refractivity contribution in [3.63, 3.8) is 0 Å². The van der Waals surface area contributed by atoms with Crippen LogP contribution in [0, 0.1) is 0 Å². The normalized spacial score (nSPS) is 18.5. The van der Waals surface area contributed by atoms with Crippen LogP contribution in [-0.4, -0.2) is 56.0 Å². The maximum atomic E-state index is 11.3. The number of ether oxygens (including phenoxy) is 1. The number of nitrogens with one attached hydrogen (secondary N) is 1. The van der Waals surface area contributed by atoms with Gasteiger partial charge in [0.2, 0.25) is 5.91 Å². The Balaban J connectivity index is 0.000000311. The number of carbonyl (C=O) groups is 2. The average molecular weight is 391 g/mol. The van der Waals surface area contributed by atoms with Gasteiger partial charge in [0.1, 0.15) is 0 Å². The summed E-state index contributed by atoms with van der Waals surface area (Å²) in [7, 11) is 0. The van der Waals surface area contributed by atoms with Crippen molar-refractivity contribution in [2.45, 2.75) is 58.8 Å². The van der Waals surface area contributed by atoms with Crippen molar-refractivity contribution in [3.8, 4) is 0 Å². The summed E-state index contributed by atoms with van der Waals surface area (Å²) >= 11 is 0. The molecule has 1 aliphatic carbocycles. The van der Waals surface area contributed by atoms with Gasteiger partial charge in [0.05, 0.1) is 13.2 Å². The maximum Gasteiger partial charge on any atom is 0.219 e. The van der Waals surface area contributed by atoms with Gasteiger partial charge in [-0.05, 0) is 70.6 Å². The first kappa shape index (κ1) is 24.3. The minimum atomic E-state index is 0.164. The van der Waals surface area contributed by atoms with E-state index in [2.05, 4.69) is 22.4 Å². The van der Waals surface area contributed by atoms with E-state index in [0.29, 0.717) is 6.42 Å². The van der Waals surface area contributed by atoms with Crippen LogP contribution in [0.3, 0.4) is 0 Å². The summed E-state index contributed by atoms with van der Waals surface area (Å²) in [5, 5.41) is 2.76. The Labute approximate surface area is 170 Å². The Hall–Kier alpha value is -1.72. The molecule has 0 radical (unpaired) electrons. The molecule has 1 aliphatic heterocycles. The molecule has 1 amide bonds. The number of hydrogen-bond acceptors (Lipinski definition) is 4. The number of carbonyl (C=O) groups excluding carboxylic acids is 2. The number of ketones is 1. The molecule has 1 fully saturated rings. The van der Waals surface area contributed by atoms with Crippen LogP contribution in [0.5, 0.6) is 0 Å². The largest absolute Gasteiger partial charge is 0.379 e. The van der Waals surface area contributed by atoms with Crippen LogP contribution in [-0.2, 0) is 14.3 Å². The Morgan fingerprint density at radius 1 is 1.21 bits per heavy atom. The zero-order valence-electron chi connectivity index (χ0n) is 17.8. The number of rotatable bonds is 10. The van der Waals surface area contributed by atoms with Crippen LogP contribution in [0.2, 0.25) is 0 Å². The van der Waals surface area contributed by atoms with Gasteiger partial charge >= 0.3 is 0 Å². The summed E-state index contributed by atoms with van der Waals surface area (Å²) in [6, 6.07) is 0.